The number of hydrogen-bond donors (Lipinski definition) is 2. The van der Waals surface area contributed by atoms with E-state index in [-0.39, 0.29) is 20.6 Å². The normalized spacial score (nSPS) is 11.4. The van der Waals surface area contributed by atoms with Crippen molar-refractivity contribution in [1.29, 1.82) is 0 Å². The summed E-state index contributed by atoms with van der Waals surface area (Å²) in [7, 11) is -3.85. The maximum absolute atomic E-state index is 12.4. The molecule has 2 aromatic carbocycles. The van der Waals surface area contributed by atoms with Crippen molar-refractivity contribution in [3.63, 3.8) is 0 Å². The second kappa shape index (κ2) is 6.04. The molecule has 0 aliphatic rings. The van der Waals surface area contributed by atoms with Crippen molar-refractivity contribution in [2.75, 3.05) is 10.5 Å². The minimum Gasteiger partial charge on any atom is -0.396 e. The second-order valence-corrected chi connectivity index (χ2v) is 7.63. The Hall–Kier alpha value is -0.950. The number of halogens is 3. The van der Waals surface area contributed by atoms with E-state index in [9.17, 15) is 8.42 Å². The summed E-state index contributed by atoms with van der Waals surface area (Å²) >= 11 is 15.1. The molecule has 0 amide bonds. The van der Waals surface area contributed by atoms with Gasteiger partial charge in [-0.05, 0) is 42.8 Å². The summed E-state index contributed by atoms with van der Waals surface area (Å²) < 4.78 is 28.1. The van der Waals surface area contributed by atoms with Crippen molar-refractivity contribution < 1.29 is 8.42 Å². The molecule has 2 aromatic rings. The van der Waals surface area contributed by atoms with Crippen LogP contribution in [0.25, 0.3) is 0 Å². The van der Waals surface area contributed by atoms with Crippen molar-refractivity contribution in [1.82, 2.24) is 0 Å². The van der Waals surface area contributed by atoms with Crippen LogP contribution in [0.1, 0.15) is 5.56 Å². The van der Waals surface area contributed by atoms with Crippen molar-refractivity contribution in [2.45, 2.75) is 11.8 Å². The van der Waals surface area contributed by atoms with E-state index in [1.165, 1.54) is 12.1 Å². The van der Waals surface area contributed by atoms with Crippen LogP contribution in [0.2, 0.25) is 10.0 Å². The zero-order valence-corrected chi connectivity index (χ0v) is 14.7. The van der Waals surface area contributed by atoms with Gasteiger partial charge < -0.3 is 5.73 Å². The van der Waals surface area contributed by atoms with Gasteiger partial charge in [0.25, 0.3) is 10.0 Å². The number of aryl methyl sites for hydroxylation is 1. The fourth-order valence-corrected chi connectivity index (χ4v) is 3.74. The van der Waals surface area contributed by atoms with Gasteiger partial charge in [-0.1, -0.05) is 39.1 Å². The van der Waals surface area contributed by atoms with Crippen LogP contribution in [-0.2, 0) is 10.0 Å². The molecule has 0 saturated heterocycles. The molecule has 0 atom stereocenters. The molecule has 21 heavy (non-hydrogen) atoms. The molecule has 0 aromatic heterocycles. The highest BCUT2D eigenvalue weighted by Crippen LogP contribution is 2.34. The number of rotatable bonds is 3. The Labute approximate surface area is 141 Å². The Bertz CT molecular complexity index is 810. The smallest absolute Gasteiger partial charge is 0.263 e. The van der Waals surface area contributed by atoms with Gasteiger partial charge in [-0.15, -0.1) is 0 Å². The SMILES string of the molecule is Cc1cc(NS(=O)(=O)c2ccc(Cl)c(N)c2Cl)ccc1Br. The summed E-state index contributed by atoms with van der Waals surface area (Å²) in [6.07, 6.45) is 0. The molecular formula is C13H11BrCl2N2O2S. The Balaban J connectivity index is 2.43. The zero-order valence-electron chi connectivity index (χ0n) is 10.8. The minimum atomic E-state index is -3.85. The largest absolute Gasteiger partial charge is 0.396 e. The second-order valence-electron chi connectivity index (χ2n) is 4.34. The predicted octanol–water partition coefficient (Wildman–Crippen LogP) is 4.45. The highest BCUT2D eigenvalue weighted by Gasteiger charge is 2.21. The lowest BCUT2D eigenvalue weighted by atomic mass is 10.2. The van der Waals surface area contributed by atoms with Crippen LogP contribution in [0.15, 0.2) is 39.7 Å². The molecule has 0 aliphatic heterocycles. The highest BCUT2D eigenvalue weighted by molar-refractivity contribution is 9.10. The Morgan fingerprint density at radius 1 is 1.19 bits per heavy atom. The monoisotopic (exact) mass is 408 g/mol. The maximum atomic E-state index is 12.4. The molecule has 0 saturated carbocycles. The molecule has 0 bridgehead atoms. The van der Waals surface area contributed by atoms with E-state index < -0.39 is 10.0 Å². The van der Waals surface area contributed by atoms with Crippen LogP contribution in [0.5, 0.6) is 0 Å². The average molecular weight is 410 g/mol. The van der Waals surface area contributed by atoms with Crippen molar-refractivity contribution in [2.24, 2.45) is 0 Å². The molecular weight excluding hydrogens is 399 g/mol. The van der Waals surface area contributed by atoms with E-state index in [2.05, 4.69) is 20.7 Å². The van der Waals surface area contributed by atoms with E-state index in [4.69, 9.17) is 28.9 Å². The Kier molecular flexibility index (Phi) is 4.72. The summed E-state index contributed by atoms with van der Waals surface area (Å²) in [4.78, 5) is -0.119. The molecule has 4 nitrogen and oxygen atoms in total. The van der Waals surface area contributed by atoms with Crippen molar-refractivity contribution >= 4 is 60.5 Å². The van der Waals surface area contributed by atoms with Gasteiger partial charge in [0.2, 0.25) is 0 Å². The average Bonchev–Trinajstić information content (AvgIpc) is 2.39. The molecule has 112 valence electrons. The summed E-state index contributed by atoms with van der Waals surface area (Å²) in [5.74, 6) is 0. The molecule has 0 aliphatic carbocycles. The van der Waals surface area contributed by atoms with Crippen LogP contribution in [0, 0.1) is 6.92 Å². The maximum Gasteiger partial charge on any atom is 0.263 e. The van der Waals surface area contributed by atoms with Crippen LogP contribution in [-0.4, -0.2) is 8.42 Å². The summed E-state index contributed by atoms with van der Waals surface area (Å²) in [5.41, 5.74) is 7.02. The minimum absolute atomic E-state index is 0.0354. The van der Waals surface area contributed by atoms with E-state index in [1.54, 1.807) is 18.2 Å². The Morgan fingerprint density at radius 2 is 1.86 bits per heavy atom. The van der Waals surface area contributed by atoms with E-state index in [0.717, 1.165) is 10.0 Å². The van der Waals surface area contributed by atoms with E-state index in [1.807, 2.05) is 6.92 Å². The summed E-state index contributed by atoms with van der Waals surface area (Å²) in [5, 5.41) is 0.113. The topological polar surface area (TPSA) is 72.2 Å². The van der Waals surface area contributed by atoms with E-state index in [0.29, 0.717) is 5.69 Å². The molecule has 0 unspecified atom stereocenters. The fraction of sp³-hybridized carbons (Fsp3) is 0.0769. The first kappa shape index (κ1) is 16.4. The molecule has 0 spiro atoms. The lowest BCUT2D eigenvalue weighted by molar-refractivity contribution is 0.601. The first-order chi connectivity index (χ1) is 9.72. The van der Waals surface area contributed by atoms with Gasteiger partial charge in [-0.25, -0.2) is 8.42 Å². The van der Waals surface area contributed by atoms with Gasteiger partial charge in [-0.3, -0.25) is 4.72 Å². The summed E-state index contributed by atoms with van der Waals surface area (Å²) in [6.45, 7) is 1.86. The zero-order chi connectivity index (χ0) is 15.8. The first-order valence-corrected chi connectivity index (χ1v) is 8.78. The third kappa shape index (κ3) is 3.45. The lowest BCUT2D eigenvalue weighted by Crippen LogP contribution is -2.14. The molecule has 0 heterocycles. The number of anilines is 2. The third-order valence-electron chi connectivity index (χ3n) is 2.79. The highest BCUT2D eigenvalue weighted by atomic mass is 79.9. The molecule has 3 N–H and O–H groups in total. The number of nitrogens with two attached hydrogens (primary N) is 1. The molecule has 8 heteroatoms. The standard InChI is InChI=1S/C13H11BrCl2N2O2S/c1-7-6-8(2-3-9(7)14)18-21(19,20)11-5-4-10(15)13(17)12(11)16/h2-6,18H,17H2,1H3. The Morgan fingerprint density at radius 3 is 2.48 bits per heavy atom. The van der Waals surface area contributed by atoms with Crippen molar-refractivity contribution in [3.05, 3.63) is 50.4 Å². The number of benzene rings is 2. The number of nitrogens with one attached hydrogen (secondary N) is 1. The van der Waals surface area contributed by atoms with Crippen LogP contribution in [0.3, 0.4) is 0 Å². The number of sulfonamides is 1. The van der Waals surface area contributed by atoms with Gasteiger partial charge >= 0.3 is 0 Å². The van der Waals surface area contributed by atoms with Crippen molar-refractivity contribution in [3.8, 4) is 0 Å². The van der Waals surface area contributed by atoms with Gasteiger partial charge in [0, 0.05) is 10.2 Å². The van der Waals surface area contributed by atoms with Gasteiger partial charge in [0.15, 0.2) is 0 Å². The van der Waals surface area contributed by atoms with Gasteiger partial charge in [-0.2, -0.15) is 0 Å². The first-order valence-electron chi connectivity index (χ1n) is 5.75. The number of nitrogen functional groups attached to an aromatic ring is 1. The predicted molar refractivity (Wildman–Crippen MR) is 90.6 cm³/mol. The van der Waals surface area contributed by atoms with E-state index >= 15 is 0 Å². The lowest BCUT2D eigenvalue weighted by Gasteiger charge is -2.12. The molecule has 0 radical (unpaired) electrons. The van der Waals surface area contributed by atoms with Crippen LogP contribution in [0.4, 0.5) is 11.4 Å². The van der Waals surface area contributed by atoms with Gasteiger partial charge in [0.05, 0.1) is 15.7 Å². The number of hydrogen-bond acceptors (Lipinski definition) is 3. The quantitative estimate of drug-likeness (QED) is 0.735. The van der Waals surface area contributed by atoms with Gasteiger partial charge in [0.1, 0.15) is 4.90 Å². The molecule has 2 rings (SSSR count). The van der Waals surface area contributed by atoms with Crippen LogP contribution >= 0.6 is 39.1 Å². The van der Waals surface area contributed by atoms with Crippen LogP contribution < -0.4 is 10.5 Å². The third-order valence-corrected chi connectivity index (χ3v) is 5.95. The molecule has 0 fully saturated rings. The fourth-order valence-electron chi connectivity index (χ4n) is 1.68. The summed E-state index contributed by atoms with van der Waals surface area (Å²) in [6, 6.07) is 7.81.